The molecule has 1 aliphatic heterocycles. The Kier molecular flexibility index (Phi) is 12.7. The molecule has 1 amide bonds. The maximum atomic E-state index is 13.0. The van der Waals surface area contributed by atoms with Crippen molar-refractivity contribution in [1.82, 2.24) is 10.2 Å². The van der Waals surface area contributed by atoms with Crippen molar-refractivity contribution in [1.29, 1.82) is 0 Å². The third kappa shape index (κ3) is 6.64. The first-order valence-electron chi connectivity index (χ1n) is 9.57. The van der Waals surface area contributed by atoms with Crippen LogP contribution in [0.2, 0.25) is 0 Å². The molecule has 6 heteroatoms. The van der Waals surface area contributed by atoms with Gasteiger partial charge in [0.25, 0.3) is 5.91 Å². The zero-order valence-corrected chi connectivity index (χ0v) is 18.0. The molecule has 1 aliphatic rings. The molecule has 1 aromatic carbocycles. The quantitative estimate of drug-likeness (QED) is 0.699. The monoisotopic (exact) mass is 403 g/mol. The zero-order valence-electron chi connectivity index (χ0n) is 16.4. The van der Waals surface area contributed by atoms with Crippen molar-refractivity contribution in [2.75, 3.05) is 37.6 Å². The highest BCUT2D eigenvalue weighted by atomic mass is 35.5. The maximum Gasteiger partial charge on any atom is 0.254 e. The summed E-state index contributed by atoms with van der Waals surface area (Å²) in [6.45, 7) is 11.5. The van der Waals surface area contributed by atoms with Gasteiger partial charge in [-0.05, 0) is 70.0 Å². The molecule has 150 valence electrons. The fourth-order valence-electron chi connectivity index (χ4n) is 3.53. The average Bonchev–Trinajstić information content (AvgIpc) is 2.64. The number of rotatable bonds is 8. The van der Waals surface area contributed by atoms with Gasteiger partial charge in [-0.15, -0.1) is 24.8 Å². The normalized spacial score (nSPS) is 14.1. The molecule has 0 aromatic heterocycles. The van der Waals surface area contributed by atoms with Crippen LogP contribution in [0.3, 0.4) is 0 Å². The van der Waals surface area contributed by atoms with Crippen molar-refractivity contribution in [2.45, 2.75) is 52.5 Å². The van der Waals surface area contributed by atoms with Crippen LogP contribution >= 0.6 is 24.8 Å². The molecular formula is C20H35Cl2N3O. The second-order valence-electron chi connectivity index (χ2n) is 6.61. The summed E-state index contributed by atoms with van der Waals surface area (Å²) in [4.78, 5) is 17.5. The van der Waals surface area contributed by atoms with Gasteiger partial charge in [0.1, 0.15) is 0 Å². The Morgan fingerprint density at radius 2 is 1.58 bits per heavy atom. The lowest BCUT2D eigenvalue weighted by Crippen LogP contribution is -2.46. The van der Waals surface area contributed by atoms with Crippen LogP contribution in [0.15, 0.2) is 24.3 Å². The SMILES string of the molecule is CCCN(CC)c1ccc(C(=O)N(CCC)C2CCNCC2)cc1.Cl.Cl. The molecule has 0 unspecified atom stereocenters. The number of hydrogen-bond donors (Lipinski definition) is 1. The van der Waals surface area contributed by atoms with Crippen molar-refractivity contribution in [3.8, 4) is 0 Å². The van der Waals surface area contributed by atoms with E-state index in [9.17, 15) is 4.79 Å². The topological polar surface area (TPSA) is 35.6 Å². The Morgan fingerprint density at radius 1 is 1.00 bits per heavy atom. The minimum absolute atomic E-state index is 0. The number of carbonyl (C=O) groups excluding carboxylic acids is 1. The highest BCUT2D eigenvalue weighted by Crippen LogP contribution is 2.20. The van der Waals surface area contributed by atoms with Crippen LogP contribution in [0, 0.1) is 0 Å². The predicted octanol–water partition coefficient (Wildman–Crippen LogP) is 4.37. The van der Waals surface area contributed by atoms with Gasteiger partial charge in [0.2, 0.25) is 0 Å². The summed E-state index contributed by atoms with van der Waals surface area (Å²) in [6, 6.07) is 8.57. The summed E-state index contributed by atoms with van der Waals surface area (Å²) in [7, 11) is 0. The molecule has 0 spiro atoms. The Balaban J connectivity index is 0.00000312. The van der Waals surface area contributed by atoms with Gasteiger partial charge in [-0.1, -0.05) is 13.8 Å². The number of hydrogen-bond acceptors (Lipinski definition) is 3. The van der Waals surface area contributed by atoms with Gasteiger partial charge < -0.3 is 15.1 Å². The lowest BCUT2D eigenvalue weighted by Gasteiger charge is -2.34. The van der Waals surface area contributed by atoms with E-state index in [1.807, 2.05) is 12.1 Å². The second-order valence-corrected chi connectivity index (χ2v) is 6.61. The molecule has 0 atom stereocenters. The molecule has 1 heterocycles. The van der Waals surface area contributed by atoms with Gasteiger partial charge in [0.05, 0.1) is 0 Å². The summed E-state index contributed by atoms with van der Waals surface area (Å²) in [5, 5.41) is 3.39. The molecular weight excluding hydrogens is 369 g/mol. The second kappa shape index (κ2) is 13.2. The molecule has 1 N–H and O–H groups in total. The number of carbonyl (C=O) groups is 1. The van der Waals surface area contributed by atoms with E-state index in [-0.39, 0.29) is 30.7 Å². The van der Waals surface area contributed by atoms with Crippen molar-refractivity contribution in [3.63, 3.8) is 0 Å². The zero-order chi connectivity index (χ0) is 17.4. The van der Waals surface area contributed by atoms with E-state index < -0.39 is 0 Å². The van der Waals surface area contributed by atoms with E-state index in [1.54, 1.807) is 0 Å². The van der Waals surface area contributed by atoms with E-state index in [1.165, 1.54) is 5.69 Å². The highest BCUT2D eigenvalue weighted by molar-refractivity contribution is 5.94. The smallest absolute Gasteiger partial charge is 0.254 e. The van der Waals surface area contributed by atoms with Crippen molar-refractivity contribution in [2.24, 2.45) is 0 Å². The summed E-state index contributed by atoms with van der Waals surface area (Å²) in [6.07, 6.45) is 4.26. The molecule has 0 aliphatic carbocycles. The number of nitrogens with zero attached hydrogens (tertiary/aromatic N) is 2. The van der Waals surface area contributed by atoms with Gasteiger partial charge in [0.15, 0.2) is 0 Å². The van der Waals surface area contributed by atoms with Crippen LogP contribution in [0.4, 0.5) is 5.69 Å². The van der Waals surface area contributed by atoms with Gasteiger partial charge in [0, 0.05) is 36.9 Å². The molecule has 0 radical (unpaired) electrons. The fraction of sp³-hybridized carbons (Fsp3) is 0.650. The summed E-state index contributed by atoms with van der Waals surface area (Å²) in [5.41, 5.74) is 2.03. The highest BCUT2D eigenvalue weighted by Gasteiger charge is 2.25. The molecule has 2 rings (SSSR count). The third-order valence-corrected chi connectivity index (χ3v) is 4.83. The third-order valence-electron chi connectivity index (χ3n) is 4.83. The summed E-state index contributed by atoms with van der Waals surface area (Å²) < 4.78 is 0. The minimum Gasteiger partial charge on any atom is -0.372 e. The molecule has 1 aromatic rings. The Morgan fingerprint density at radius 3 is 2.08 bits per heavy atom. The van der Waals surface area contributed by atoms with Crippen LogP contribution in [0.5, 0.6) is 0 Å². The maximum absolute atomic E-state index is 13.0. The fourth-order valence-corrected chi connectivity index (χ4v) is 3.53. The van der Waals surface area contributed by atoms with Crippen LogP contribution < -0.4 is 10.2 Å². The van der Waals surface area contributed by atoms with E-state index in [0.717, 1.165) is 64.0 Å². The number of benzene rings is 1. The molecule has 4 nitrogen and oxygen atoms in total. The first-order valence-corrected chi connectivity index (χ1v) is 9.57. The molecule has 1 saturated heterocycles. The number of anilines is 1. The van der Waals surface area contributed by atoms with Gasteiger partial charge >= 0.3 is 0 Å². The Labute approximate surface area is 171 Å². The van der Waals surface area contributed by atoms with Crippen LogP contribution in [0.25, 0.3) is 0 Å². The van der Waals surface area contributed by atoms with E-state index >= 15 is 0 Å². The molecule has 0 bridgehead atoms. The first kappa shape index (κ1) is 25.0. The van der Waals surface area contributed by atoms with Crippen LogP contribution in [-0.2, 0) is 0 Å². The number of nitrogens with one attached hydrogen (secondary N) is 1. The summed E-state index contributed by atoms with van der Waals surface area (Å²) >= 11 is 0. The molecule has 1 fully saturated rings. The lowest BCUT2D eigenvalue weighted by atomic mass is 10.0. The van der Waals surface area contributed by atoms with Crippen LogP contribution in [-0.4, -0.2) is 49.6 Å². The number of piperidine rings is 1. The van der Waals surface area contributed by atoms with Gasteiger partial charge in [-0.25, -0.2) is 0 Å². The summed E-state index contributed by atoms with van der Waals surface area (Å²) in [5.74, 6) is 0.189. The minimum atomic E-state index is 0. The van der Waals surface area contributed by atoms with Gasteiger partial charge in [-0.2, -0.15) is 0 Å². The van der Waals surface area contributed by atoms with Crippen molar-refractivity contribution < 1.29 is 4.79 Å². The first-order chi connectivity index (χ1) is 11.7. The van der Waals surface area contributed by atoms with Crippen molar-refractivity contribution >= 4 is 36.4 Å². The van der Waals surface area contributed by atoms with Gasteiger partial charge in [-0.3, -0.25) is 4.79 Å². The largest absolute Gasteiger partial charge is 0.372 e. The Bertz CT molecular complexity index is 504. The van der Waals surface area contributed by atoms with Crippen molar-refractivity contribution in [3.05, 3.63) is 29.8 Å². The number of halogens is 2. The van der Waals surface area contributed by atoms with Crippen LogP contribution in [0.1, 0.15) is 56.8 Å². The van der Waals surface area contributed by atoms with E-state index in [2.05, 4.69) is 48.0 Å². The standard InChI is InChI=1S/C20H33N3O.2ClH/c1-4-15-22(6-3)18-9-7-17(8-10-18)20(24)23(16-5-2)19-11-13-21-14-12-19;;/h7-10,19,21H,4-6,11-16H2,1-3H3;2*1H. The Hall–Kier alpha value is -0.970. The molecule has 0 saturated carbocycles. The molecule has 26 heavy (non-hydrogen) atoms. The average molecular weight is 404 g/mol. The number of amides is 1. The predicted molar refractivity (Wildman–Crippen MR) is 116 cm³/mol. The van der Waals surface area contributed by atoms with E-state index in [0.29, 0.717) is 6.04 Å². The lowest BCUT2D eigenvalue weighted by molar-refractivity contribution is 0.0642. The van der Waals surface area contributed by atoms with E-state index in [4.69, 9.17) is 0 Å².